The summed E-state index contributed by atoms with van der Waals surface area (Å²) in [4.78, 5) is 27.7. The molecule has 0 aromatic heterocycles. The number of amides is 2. The first-order valence-corrected chi connectivity index (χ1v) is 10.5. The summed E-state index contributed by atoms with van der Waals surface area (Å²) in [6, 6.07) is 7.88. The van der Waals surface area contributed by atoms with Crippen LogP contribution in [0.1, 0.15) is 50.5 Å². The van der Waals surface area contributed by atoms with Crippen LogP contribution < -0.4 is 16.0 Å². The zero-order valence-electron chi connectivity index (χ0n) is 16.2. The van der Waals surface area contributed by atoms with Crippen LogP contribution in [0.4, 0.5) is 5.69 Å². The summed E-state index contributed by atoms with van der Waals surface area (Å²) >= 11 is 0. The Morgan fingerprint density at radius 1 is 1.07 bits per heavy atom. The highest BCUT2D eigenvalue weighted by Crippen LogP contribution is 2.42. The molecule has 0 radical (unpaired) electrons. The molecule has 1 heterocycles. The number of fused-ring (bicyclic) bond motifs is 2. The van der Waals surface area contributed by atoms with Crippen molar-refractivity contribution in [1.29, 1.82) is 0 Å². The van der Waals surface area contributed by atoms with Gasteiger partial charge in [0.15, 0.2) is 0 Å². The molecular formula is C22H31N3O2. The lowest BCUT2D eigenvalue weighted by atomic mass is 9.65. The molecule has 4 rings (SSSR count). The minimum atomic E-state index is -0.400. The van der Waals surface area contributed by atoms with Crippen molar-refractivity contribution in [3.8, 4) is 0 Å². The third-order valence-electron chi connectivity index (χ3n) is 6.88. The Morgan fingerprint density at radius 3 is 2.41 bits per heavy atom. The number of nitrogens with two attached hydrogens (primary N) is 1. The fraction of sp³-hybridized carbons (Fsp3) is 0.636. The van der Waals surface area contributed by atoms with E-state index < -0.39 is 6.04 Å². The number of aryl methyl sites for hydroxylation is 1. The molecule has 0 spiro atoms. The van der Waals surface area contributed by atoms with Gasteiger partial charge in [-0.25, -0.2) is 0 Å². The second kappa shape index (κ2) is 7.63. The van der Waals surface area contributed by atoms with Gasteiger partial charge in [0.1, 0.15) is 6.04 Å². The van der Waals surface area contributed by atoms with Crippen molar-refractivity contribution in [2.75, 3.05) is 11.4 Å². The number of carbonyl (C=O) groups excluding carboxylic acids is 2. The monoisotopic (exact) mass is 369 g/mol. The summed E-state index contributed by atoms with van der Waals surface area (Å²) in [5.41, 5.74) is 8.45. The summed E-state index contributed by atoms with van der Waals surface area (Å²) in [5.74, 6) is 1.04. The van der Waals surface area contributed by atoms with Crippen molar-refractivity contribution < 1.29 is 9.59 Å². The van der Waals surface area contributed by atoms with Gasteiger partial charge in [0.2, 0.25) is 11.8 Å². The summed E-state index contributed by atoms with van der Waals surface area (Å²) in [7, 11) is 0. The molecule has 2 bridgehead atoms. The lowest BCUT2D eigenvalue weighted by molar-refractivity contribution is -0.132. The average molecular weight is 370 g/mol. The van der Waals surface area contributed by atoms with Gasteiger partial charge in [-0.2, -0.15) is 0 Å². The lowest BCUT2D eigenvalue weighted by Crippen LogP contribution is -2.55. The minimum Gasteiger partial charge on any atom is -0.344 e. The molecule has 2 amide bonds. The zero-order valence-corrected chi connectivity index (χ0v) is 16.2. The first-order chi connectivity index (χ1) is 13.0. The van der Waals surface area contributed by atoms with Crippen LogP contribution in [0.25, 0.3) is 0 Å². The quantitative estimate of drug-likeness (QED) is 0.860. The predicted octanol–water partition coefficient (Wildman–Crippen LogP) is 2.76. The number of nitrogens with one attached hydrogen (secondary N) is 1. The Morgan fingerprint density at radius 2 is 1.74 bits per heavy atom. The third-order valence-corrected chi connectivity index (χ3v) is 6.88. The lowest BCUT2D eigenvalue weighted by Gasteiger charge is -2.44. The number of carbonyl (C=O) groups is 2. The number of hydrogen-bond donors (Lipinski definition) is 2. The summed E-state index contributed by atoms with van der Waals surface area (Å²) in [6.45, 7) is 2.76. The van der Waals surface area contributed by atoms with E-state index in [9.17, 15) is 9.59 Å². The minimum absolute atomic E-state index is 0.0163. The smallest absolute Gasteiger partial charge is 0.249 e. The number of hydrogen-bond acceptors (Lipinski definition) is 3. The van der Waals surface area contributed by atoms with E-state index in [-0.39, 0.29) is 23.8 Å². The molecule has 1 aliphatic heterocycles. The van der Waals surface area contributed by atoms with Gasteiger partial charge >= 0.3 is 0 Å². The molecule has 5 heteroatoms. The highest BCUT2D eigenvalue weighted by Gasteiger charge is 2.41. The standard InChI is InChI=1S/C22H31N3O2/c1-14-7-9-18(10-8-14)25-11-3-6-19(22(25)27)24-21(26)17-12-15-4-2-5-16(13-17)20(15)23/h7-10,15-17,19-20H,2-6,11-13,23H2,1H3,(H,24,26). The maximum Gasteiger partial charge on any atom is 0.249 e. The van der Waals surface area contributed by atoms with Gasteiger partial charge in [0.05, 0.1) is 0 Å². The molecule has 1 saturated heterocycles. The fourth-order valence-corrected chi connectivity index (χ4v) is 5.28. The van der Waals surface area contributed by atoms with E-state index in [0.717, 1.165) is 50.8 Å². The van der Waals surface area contributed by atoms with Crippen molar-refractivity contribution in [3.05, 3.63) is 29.8 Å². The first kappa shape index (κ1) is 18.5. The molecule has 3 fully saturated rings. The van der Waals surface area contributed by atoms with E-state index in [1.54, 1.807) is 0 Å². The average Bonchev–Trinajstić information content (AvgIpc) is 2.64. The predicted molar refractivity (Wildman–Crippen MR) is 106 cm³/mol. The van der Waals surface area contributed by atoms with E-state index >= 15 is 0 Å². The Bertz CT molecular complexity index is 688. The Balaban J connectivity index is 1.40. The maximum atomic E-state index is 13.0. The Kier molecular flexibility index (Phi) is 5.22. The molecule has 2 aliphatic carbocycles. The van der Waals surface area contributed by atoms with Crippen molar-refractivity contribution >= 4 is 17.5 Å². The van der Waals surface area contributed by atoms with Crippen LogP contribution in [-0.4, -0.2) is 30.4 Å². The van der Waals surface area contributed by atoms with Crippen molar-refractivity contribution in [3.63, 3.8) is 0 Å². The van der Waals surface area contributed by atoms with Gasteiger partial charge in [0, 0.05) is 24.2 Å². The molecule has 146 valence electrons. The van der Waals surface area contributed by atoms with E-state index in [4.69, 9.17) is 5.73 Å². The molecule has 3 atom stereocenters. The van der Waals surface area contributed by atoms with E-state index in [1.165, 1.54) is 12.0 Å². The van der Waals surface area contributed by atoms with Gasteiger partial charge in [-0.15, -0.1) is 0 Å². The molecule has 3 unspecified atom stereocenters. The number of benzene rings is 1. The second-order valence-corrected chi connectivity index (χ2v) is 8.73. The van der Waals surface area contributed by atoms with Crippen molar-refractivity contribution in [1.82, 2.24) is 5.32 Å². The first-order valence-electron chi connectivity index (χ1n) is 10.5. The molecular weight excluding hydrogens is 338 g/mol. The largest absolute Gasteiger partial charge is 0.344 e. The molecule has 3 aliphatic rings. The highest BCUT2D eigenvalue weighted by molar-refractivity contribution is 6.00. The molecule has 1 aromatic rings. The van der Waals surface area contributed by atoms with Crippen LogP contribution in [-0.2, 0) is 9.59 Å². The highest BCUT2D eigenvalue weighted by atomic mass is 16.2. The van der Waals surface area contributed by atoms with Crippen LogP contribution in [0.5, 0.6) is 0 Å². The number of anilines is 1. The fourth-order valence-electron chi connectivity index (χ4n) is 5.28. The maximum absolute atomic E-state index is 13.0. The summed E-state index contributed by atoms with van der Waals surface area (Å²) in [6.07, 6.45) is 6.93. The van der Waals surface area contributed by atoms with Crippen molar-refractivity contribution in [2.45, 2.75) is 64.0 Å². The normalized spacial score (nSPS) is 33.6. The van der Waals surface area contributed by atoms with Crippen LogP contribution in [0.15, 0.2) is 24.3 Å². The van der Waals surface area contributed by atoms with Crippen LogP contribution in [0.3, 0.4) is 0 Å². The van der Waals surface area contributed by atoms with Gasteiger partial charge in [-0.3, -0.25) is 9.59 Å². The second-order valence-electron chi connectivity index (χ2n) is 8.73. The Hall–Kier alpha value is -1.88. The Labute approximate surface area is 161 Å². The molecule has 1 aromatic carbocycles. The van der Waals surface area contributed by atoms with E-state index in [2.05, 4.69) is 5.32 Å². The molecule has 3 N–H and O–H groups in total. The van der Waals surface area contributed by atoms with Crippen LogP contribution >= 0.6 is 0 Å². The zero-order chi connectivity index (χ0) is 19.0. The third kappa shape index (κ3) is 3.75. The molecule has 27 heavy (non-hydrogen) atoms. The SMILES string of the molecule is Cc1ccc(N2CCCC(NC(=O)C3CC4CCCC(C3)C4N)C2=O)cc1. The van der Waals surface area contributed by atoms with Gasteiger partial charge in [0.25, 0.3) is 0 Å². The van der Waals surface area contributed by atoms with Gasteiger partial charge < -0.3 is 16.0 Å². The molecule has 5 nitrogen and oxygen atoms in total. The van der Waals surface area contributed by atoms with Gasteiger partial charge in [-0.1, -0.05) is 24.1 Å². The summed E-state index contributed by atoms with van der Waals surface area (Å²) in [5, 5.41) is 3.08. The number of rotatable bonds is 3. The van der Waals surface area contributed by atoms with Crippen molar-refractivity contribution in [2.24, 2.45) is 23.5 Å². The van der Waals surface area contributed by atoms with Gasteiger partial charge in [-0.05, 0) is 69.4 Å². The topological polar surface area (TPSA) is 75.4 Å². The van der Waals surface area contributed by atoms with Crippen LogP contribution in [0, 0.1) is 24.7 Å². The van der Waals surface area contributed by atoms with Crippen LogP contribution in [0.2, 0.25) is 0 Å². The van der Waals surface area contributed by atoms with E-state index in [1.807, 2.05) is 36.1 Å². The summed E-state index contributed by atoms with van der Waals surface area (Å²) < 4.78 is 0. The molecule has 2 saturated carbocycles. The number of nitrogens with zero attached hydrogens (tertiary/aromatic N) is 1. The number of piperidine rings is 1. The van der Waals surface area contributed by atoms with E-state index in [0.29, 0.717) is 11.8 Å².